The molecule has 0 rings (SSSR count). The van der Waals surface area contributed by atoms with Crippen molar-refractivity contribution in [3.63, 3.8) is 0 Å². The summed E-state index contributed by atoms with van der Waals surface area (Å²) in [4.78, 5) is 0. The standard InChI is InChI=1S/C10H20O2/c1-4-6-7-8-9-12-10(3)11-5-2/h6-7,10H,4-5,8-9H2,1-3H3/b7-6+. The molecule has 0 aliphatic heterocycles. The van der Waals surface area contributed by atoms with Crippen LogP contribution in [0.4, 0.5) is 0 Å². The lowest BCUT2D eigenvalue weighted by atomic mass is 10.3. The van der Waals surface area contributed by atoms with Gasteiger partial charge in [0.1, 0.15) is 0 Å². The van der Waals surface area contributed by atoms with Gasteiger partial charge in [0.15, 0.2) is 6.29 Å². The SMILES string of the molecule is CC/C=C/CCOC(C)OCC. The molecule has 0 saturated carbocycles. The third kappa shape index (κ3) is 7.76. The molecule has 0 N–H and O–H groups in total. The second kappa shape index (κ2) is 8.75. The first kappa shape index (κ1) is 11.7. The quantitative estimate of drug-likeness (QED) is 0.334. The van der Waals surface area contributed by atoms with Gasteiger partial charge in [-0.3, -0.25) is 0 Å². The molecule has 0 amide bonds. The molecule has 72 valence electrons. The highest BCUT2D eigenvalue weighted by Gasteiger charge is 1.97. The van der Waals surface area contributed by atoms with Crippen LogP contribution >= 0.6 is 0 Å². The van der Waals surface area contributed by atoms with E-state index in [4.69, 9.17) is 9.47 Å². The van der Waals surface area contributed by atoms with E-state index in [2.05, 4.69) is 19.1 Å². The number of ether oxygens (including phenoxy) is 2. The van der Waals surface area contributed by atoms with Crippen molar-refractivity contribution in [2.24, 2.45) is 0 Å². The van der Waals surface area contributed by atoms with Gasteiger partial charge in [-0.2, -0.15) is 0 Å². The van der Waals surface area contributed by atoms with E-state index in [9.17, 15) is 0 Å². The van der Waals surface area contributed by atoms with Crippen molar-refractivity contribution in [3.8, 4) is 0 Å². The van der Waals surface area contributed by atoms with Crippen molar-refractivity contribution in [1.82, 2.24) is 0 Å². The second-order valence-corrected chi connectivity index (χ2v) is 2.56. The van der Waals surface area contributed by atoms with E-state index in [-0.39, 0.29) is 6.29 Å². The predicted molar refractivity (Wildman–Crippen MR) is 51.1 cm³/mol. The Kier molecular flexibility index (Phi) is 8.51. The summed E-state index contributed by atoms with van der Waals surface area (Å²) in [6, 6.07) is 0. The van der Waals surface area contributed by atoms with Crippen LogP contribution in [0.1, 0.15) is 33.6 Å². The zero-order chi connectivity index (χ0) is 9.23. The maximum Gasteiger partial charge on any atom is 0.154 e. The van der Waals surface area contributed by atoms with Gasteiger partial charge in [-0.15, -0.1) is 0 Å². The first-order valence-corrected chi connectivity index (χ1v) is 4.69. The maximum absolute atomic E-state index is 5.36. The van der Waals surface area contributed by atoms with Crippen LogP contribution < -0.4 is 0 Å². The maximum atomic E-state index is 5.36. The third-order valence-electron chi connectivity index (χ3n) is 1.44. The lowest BCUT2D eigenvalue weighted by Gasteiger charge is -2.11. The number of hydrogen-bond donors (Lipinski definition) is 0. The van der Waals surface area contributed by atoms with Gasteiger partial charge in [-0.1, -0.05) is 19.1 Å². The fraction of sp³-hybridized carbons (Fsp3) is 0.800. The van der Waals surface area contributed by atoms with Crippen LogP contribution in [0.25, 0.3) is 0 Å². The van der Waals surface area contributed by atoms with E-state index in [0.717, 1.165) is 19.4 Å². The first-order valence-electron chi connectivity index (χ1n) is 4.69. The zero-order valence-corrected chi connectivity index (χ0v) is 8.38. The van der Waals surface area contributed by atoms with Crippen LogP contribution in [0.15, 0.2) is 12.2 Å². The molecule has 1 unspecified atom stereocenters. The molecule has 0 fully saturated rings. The summed E-state index contributed by atoms with van der Waals surface area (Å²) in [7, 11) is 0. The summed E-state index contributed by atoms with van der Waals surface area (Å²) in [5.74, 6) is 0. The summed E-state index contributed by atoms with van der Waals surface area (Å²) in [6.07, 6.45) is 6.30. The predicted octanol–water partition coefficient (Wildman–Crippen LogP) is 2.74. The molecule has 0 heterocycles. The summed E-state index contributed by atoms with van der Waals surface area (Å²) >= 11 is 0. The van der Waals surface area contributed by atoms with Crippen molar-refractivity contribution >= 4 is 0 Å². The molecule has 2 nitrogen and oxygen atoms in total. The molecule has 0 bridgehead atoms. The molecule has 2 heteroatoms. The van der Waals surface area contributed by atoms with Crippen molar-refractivity contribution < 1.29 is 9.47 Å². The van der Waals surface area contributed by atoms with Crippen LogP contribution in [0.5, 0.6) is 0 Å². The van der Waals surface area contributed by atoms with E-state index in [1.807, 2.05) is 13.8 Å². The minimum atomic E-state index is -0.0648. The molecule has 0 aromatic heterocycles. The minimum Gasteiger partial charge on any atom is -0.353 e. The lowest BCUT2D eigenvalue weighted by Crippen LogP contribution is -2.12. The molecule has 0 radical (unpaired) electrons. The Labute approximate surface area is 75.6 Å². The van der Waals surface area contributed by atoms with Gasteiger partial charge in [-0.05, 0) is 26.7 Å². The molecule has 0 aliphatic rings. The number of hydrogen-bond acceptors (Lipinski definition) is 2. The summed E-state index contributed by atoms with van der Waals surface area (Å²) < 4.78 is 10.6. The molecule has 0 spiro atoms. The molecule has 0 aliphatic carbocycles. The fourth-order valence-electron chi connectivity index (χ4n) is 0.869. The van der Waals surface area contributed by atoms with Crippen LogP contribution in [0.2, 0.25) is 0 Å². The van der Waals surface area contributed by atoms with Gasteiger partial charge < -0.3 is 9.47 Å². The van der Waals surface area contributed by atoms with Gasteiger partial charge in [0, 0.05) is 6.61 Å². The monoisotopic (exact) mass is 172 g/mol. The zero-order valence-electron chi connectivity index (χ0n) is 8.38. The molecule has 0 saturated heterocycles. The van der Waals surface area contributed by atoms with Gasteiger partial charge in [0.25, 0.3) is 0 Å². The average Bonchev–Trinajstić information content (AvgIpc) is 2.05. The van der Waals surface area contributed by atoms with Crippen molar-refractivity contribution in [3.05, 3.63) is 12.2 Å². The Morgan fingerprint density at radius 1 is 1.17 bits per heavy atom. The summed E-state index contributed by atoms with van der Waals surface area (Å²) in [5.41, 5.74) is 0. The van der Waals surface area contributed by atoms with Crippen molar-refractivity contribution in [2.45, 2.75) is 39.9 Å². The largest absolute Gasteiger partial charge is 0.353 e. The summed E-state index contributed by atoms with van der Waals surface area (Å²) in [5, 5.41) is 0. The highest BCUT2D eigenvalue weighted by molar-refractivity contribution is 4.79. The van der Waals surface area contributed by atoms with Crippen LogP contribution in [0, 0.1) is 0 Å². The Morgan fingerprint density at radius 2 is 1.92 bits per heavy atom. The van der Waals surface area contributed by atoms with E-state index < -0.39 is 0 Å². The van der Waals surface area contributed by atoms with Gasteiger partial charge in [0.2, 0.25) is 0 Å². The van der Waals surface area contributed by atoms with Gasteiger partial charge in [0.05, 0.1) is 6.61 Å². The van der Waals surface area contributed by atoms with Crippen LogP contribution in [-0.4, -0.2) is 19.5 Å². The normalized spacial score (nSPS) is 13.9. The molecular weight excluding hydrogens is 152 g/mol. The van der Waals surface area contributed by atoms with E-state index in [0.29, 0.717) is 6.61 Å². The Balaban J connectivity index is 3.13. The molecule has 0 aromatic carbocycles. The Bertz CT molecular complexity index is 110. The third-order valence-corrected chi connectivity index (χ3v) is 1.44. The fourth-order valence-corrected chi connectivity index (χ4v) is 0.869. The van der Waals surface area contributed by atoms with E-state index in [1.54, 1.807) is 0 Å². The number of rotatable bonds is 7. The average molecular weight is 172 g/mol. The number of allylic oxidation sites excluding steroid dienone is 1. The van der Waals surface area contributed by atoms with E-state index in [1.165, 1.54) is 0 Å². The van der Waals surface area contributed by atoms with Gasteiger partial charge in [-0.25, -0.2) is 0 Å². The van der Waals surface area contributed by atoms with Crippen molar-refractivity contribution in [2.75, 3.05) is 13.2 Å². The van der Waals surface area contributed by atoms with Gasteiger partial charge >= 0.3 is 0 Å². The first-order chi connectivity index (χ1) is 5.81. The Morgan fingerprint density at radius 3 is 2.50 bits per heavy atom. The van der Waals surface area contributed by atoms with Crippen LogP contribution in [-0.2, 0) is 9.47 Å². The topological polar surface area (TPSA) is 18.5 Å². The minimum absolute atomic E-state index is 0.0648. The lowest BCUT2D eigenvalue weighted by molar-refractivity contribution is -0.125. The molecule has 12 heavy (non-hydrogen) atoms. The van der Waals surface area contributed by atoms with Crippen LogP contribution in [0.3, 0.4) is 0 Å². The second-order valence-electron chi connectivity index (χ2n) is 2.56. The molecule has 0 aromatic rings. The molecular formula is C10H20O2. The smallest absolute Gasteiger partial charge is 0.154 e. The summed E-state index contributed by atoms with van der Waals surface area (Å²) in [6.45, 7) is 7.48. The Hall–Kier alpha value is -0.340. The van der Waals surface area contributed by atoms with E-state index >= 15 is 0 Å². The highest BCUT2D eigenvalue weighted by atomic mass is 16.7. The van der Waals surface area contributed by atoms with Crippen molar-refractivity contribution in [1.29, 1.82) is 0 Å². The molecule has 1 atom stereocenters. The highest BCUT2D eigenvalue weighted by Crippen LogP contribution is 1.95.